The van der Waals surface area contributed by atoms with E-state index in [4.69, 9.17) is 0 Å². The van der Waals surface area contributed by atoms with Gasteiger partial charge >= 0.3 is 0 Å². The SMILES string of the molecule is CCCCN(C)C(=O)c1cc(C)nc(N2c3ccccc3CC2C)n1. The molecule has 5 nitrogen and oxygen atoms in total. The van der Waals surface area contributed by atoms with E-state index >= 15 is 0 Å². The van der Waals surface area contributed by atoms with Crippen molar-refractivity contribution in [3.05, 3.63) is 47.3 Å². The predicted molar refractivity (Wildman–Crippen MR) is 100 cm³/mol. The van der Waals surface area contributed by atoms with Gasteiger partial charge in [0.05, 0.1) is 0 Å². The van der Waals surface area contributed by atoms with Crippen LogP contribution in [0.5, 0.6) is 0 Å². The van der Waals surface area contributed by atoms with Gasteiger partial charge in [0.1, 0.15) is 5.69 Å². The highest BCUT2D eigenvalue weighted by Crippen LogP contribution is 2.36. The Morgan fingerprint density at radius 3 is 2.84 bits per heavy atom. The van der Waals surface area contributed by atoms with Crippen molar-refractivity contribution in [2.24, 2.45) is 0 Å². The first-order valence-electron chi connectivity index (χ1n) is 8.99. The van der Waals surface area contributed by atoms with Crippen molar-refractivity contribution in [2.75, 3.05) is 18.5 Å². The van der Waals surface area contributed by atoms with Gasteiger partial charge in [-0.25, -0.2) is 9.97 Å². The third-order valence-corrected chi connectivity index (χ3v) is 4.68. The Labute approximate surface area is 149 Å². The predicted octanol–water partition coefficient (Wildman–Crippen LogP) is 3.74. The summed E-state index contributed by atoms with van der Waals surface area (Å²) in [4.78, 5) is 25.8. The first kappa shape index (κ1) is 17.4. The monoisotopic (exact) mass is 338 g/mol. The molecule has 1 atom stereocenters. The van der Waals surface area contributed by atoms with Gasteiger partial charge in [-0.15, -0.1) is 0 Å². The number of rotatable bonds is 5. The molecule has 1 amide bonds. The average Bonchev–Trinajstić information content (AvgIpc) is 2.94. The largest absolute Gasteiger partial charge is 0.340 e. The van der Waals surface area contributed by atoms with Crippen molar-refractivity contribution in [1.82, 2.24) is 14.9 Å². The summed E-state index contributed by atoms with van der Waals surface area (Å²) in [6, 6.07) is 10.4. The summed E-state index contributed by atoms with van der Waals surface area (Å²) in [7, 11) is 1.84. The number of aryl methyl sites for hydroxylation is 1. The Kier molecular flexibility index (Phi) is 5.02. The van der Waals surface area contributed by atoms with E-state index in [0.717, 1.165) is 37.2 Å². The van der Waals surface area contributed by atoms with Gasteiger partial charge in [-0.05, 0) is 44.4 Å². The summed E-state index contributed by atoms with van der Waals surface area (Å²) in [6.45, 7) is 6.95. The lowest BCUT2D eigenvalue weighted by atomic mass is 10.1. The molecule has 5 heteroatoms. The van der Waals surface area contributed by atoms with Crippen molar-refractivity contribution >= 4 is 17.5 Å². The van der Waals surface area contributed by atoms with Crippen molar-refractivity contribution in [3.63, 3.8) is 0 Å². The third-order valence-electron chi connectivity index (χ3n) is 4.68. The Bertz CT molecular complexity index is 774. The number of amides is 1. The van der Waals surface area contributed by atoms with Crippen LogP contribution in [0.3, 0.4) is 0 Å². The van der Waals surface area contributed by atoms with Gasteiger partial charge < -0.3 is 9.80 Å². The van der Waals surface area contributed by atoms with E-state index in [1.54, 1.807) is 11.0 Å². The Morgan fingerprint density at radius 2 is 2.08 bits per heavy atom. The van der Waals surface area contributed by atoms with E-state index in [1.807, 2.05) is 20.0 Å². The number of benzene rings is 1. The quantitative estimate of drug-likeness (QED) is 0.833. The molecule has 132 valence electrons. The third kappa shape index (κ3) is 3.50. The van der Waals surface area contributed by atoms with Crippen LogP contribution in [0.1, 0.15) is 48.4 Å². The zero-order chi connectivity index (χ0) is 18.0. The van der Waals surface area contributed by atoms with Gasteiger partial charge in [-0.3, -0.25) is 4.79 Å². The fourth-order valence-corrected chi connectivity index (χ4v) is 3.33. The van der Waals surface area contributed by atoms with Crippen LogP contribution < -0.4 is 4.90 Å². The molecular weight excluding hydrogens is 312 g/mol. The minimum absolute atomic E-state index is 0.0414. The summed E-state index contributed by atoms with van der Waals surface area (Å²) >= 11 is 0. The molecule has 2 aromatic rings. The second-order valence-corrected chi connectivity index (χ2v) is 6.83. The Balaban J connectivity index is 1.94. The van der Waals surface area contributed by atoms with Crippen LogP contribution in [0, 0.1) is 6.92 Å². The number of para-hydroxylation sites is 1. The van der Waals surface area contributed by atoms with Crippen LogP contribution >= 0.6 is 0 Å². The summed E-state index contributed by atoms with van der Waals surface area (Å²) in [5.74, 6) is 0.574. The molecular formula is C20H26N4O. The van der Waals surface area contributed by atoms with Crippen molar-refractivity contribution in [2.45, 2.75) is 46.1 Å². The number of hydrogen-bond acceptors (Lipinski definition) is 4. The van der Waals surface area contributed by atoms with Crippen LogP contribution in [0.25, 0.3) is 0 Å². The fourth-order valence-electron chi connectivity index (χ4n) is 3.33. The molecule has 2 heterocycles. The van der Waals surface area contributed by atoms with Gasteiger partial charge in [-0.2, -0.15) is 0 Å². The van der Waals surface area contributed by atoms with E-state index in [0.29, 0.717) is 11.6 Å². The van der Waals surface area contributed by atoms with E-state index in [2.05, 4.69) is 46.9 Å². The number of anilines is 2. The number of carbonyl (C=O) groups is 1. The molecule has 0 radical (unpaired) electrons. The molecule has 1 unspecified atom stereocenters. The fraction of sp³-hybridized carbons (Fsp3) is 0.450. The zero-order valence-electron chi connectivity index (χ0n) is 15.5. The molecule has 0 spiro atoms. The van der Waals surface area contributed by atoms with Gasteiger partial charge in [0, 0.05) is 31.0 Å². The van der Waals surface area contributed by atoms with Gasteiger partial charge in [-0.1, -0.05) is 31.5 Å². The van der Waals surface area contributed by atoms with Crippen molar-refractivity contribution in [3.8, 4) is 0 Å². The van der Waals surface area contributed by atoms with Gasteiger partial charge in [0.2, 0.25) is 5.95 Å². The number of carbonyl (C=O) groups excluding carboxylic acids is 1. The minimum atomic E-state index is -0.0414. The van der Waals surface area contributed by atoms with Crippen LogP contribution in [-0.2, 0) is 6.42 Å². The molecule has 25 heavy (non-hydrogen) atoms. The topological polar surface area (TPSA) is 49.3 Å². The standard InChI is InChI=1S/C20H26N4O/c1-5-6-11-23(4)19(25)17-12-14(2)21-20(22-17)24-15(3)13-16-9-7-8-10-18(16)24/h7-10,12,15H,5-6,11,13H2,1-4H3. The molecule has 0 bridgehead atoms. The van der Waals surface area contributed by atoms with Crippen LogP contribution in [-0.4, -0.2) is 40.4 Å². The van der Waals surface area contributed by atoms with Gasteiger partial charge in [0.25, 0.3) is 5.91 Å². The number of unbranched alkanes of at least 4 members (excludes halogenated alkanes) is 1. The van der Waals surface area contributed by atoms with Crippen LogP contribution in [0.4, 0.5) is 11.6 Å². The van der Waals surface area contributed by atoms with Crippen LogP contribution in [0.2, 0.25) is 0 Å². The number of nitrogens with zero attached hydrogens (tertiary/aromatic N) is 4. The smallest absolute Gasteiger partial charge is 0.272 e. The molecule has 0 saturated heterocycles. The van der Waals surface area contributed by atoms with Crippen LogP contribution in [0.15, 0.2) is 30.3 Å². The molecule has 1 aromatic carbocycles. The molecule has 0 saturated carbocycles. The number of hydrogen-bond donors (Lipinski definition) is 0. The van der Waals surface area contributed by atoms with E-state index in [1.165, 1.54) is 5.56 Å². The minimum Gasteiger partial charge on any atom is -0.340 e. The molecule has 3 rings (SSSR count). The summed E-state index contributed by atoms with van der Waals surface area (Å²) in [5.41, 5.74) is 3.72. The summed E-state index contributed by atoms with van der Waals surface area (Å²) < 4.78 is 0. The molecule has 0 aliphatic carbocycles. The second-order valence-electron chi connectivity index (χ2n) is 6.83. The highest BCUT2D eigenvalue weighted by atomic mass is 16.2. The lowest BCUT2D eigenvalue weighted by molar-refractivity contribution is 0.0787. The first-order chi connectivity index (χ1) is 12.0. The molecule has 1 aliphatic rings. The highest BCUT2D eigenvalue weighted by Gasteiger charge is 2.29. The first-order valence-corrected chi connectivity index (χ1v) is 8.99. The number of aromatic nitrogens is 2. The molecule has 0 N–H and O–H groups in total. The molecule has 1 aliphatic heterocycles. The second kappa shape index (κ2) is 7.21. The molecule has 0 fully saturated rings. The maximum atomic E-state index is 12.7. The van der Waals surface area contributed by atoms with E-state index < -0.39 is 0 Å². The van der Waals surface area contributed by atoms with Crippen molar-refractivity contribution in [1.29, 1.82) is 0 Å². The Morgan fingerprint density at radius 1 is 1.32 bits per heavy atom. The highest BCUT2D eigenvalue weighted by molar-refractivity contribution is 5.92. The van der Waals surface area contributed by atoms with E-state index in [-0.39, 0.29) is 11.9 Å². The molecule has 1 aromatic heterocycles. The normalized spacial score (nSPS) is 16.0. The maximum Gasteiger partial charge on any atom is 0.272 e. The zero-order valence-corrected chi connectivity index (χ0v) is 15.5. The van der Waals surface area contributed by atoms with E-state index in [9.17, 15) is 4.79 Å². The summed E-state index contributed by atoms with van der Waals surface area (Å²) in [6.07, 6.45) is 3.02. The maximum absolute atomic E-state index is 12.7. The lowest BCUT2D eigenvalue weighted by Gasteiger charge is -2.24. The van der Waals surface area contributed by atoms with Crippen molar-refractivity contribution < 1.29 is 4.79 Å². The average molecular weight is 338 g/mol. The number of fused-ring (bicyclic) bond motifs is 1. The van der Waals surface area contributed by atoms with Gasteiger partial charge in [0.15, 0.2) is 0 Å². The summed E-state index contributed by atoms with van der Waals surface area (Å²) in [5, 5.41) is 0. The Hall–Kier alpha value is -2.43. The lowest BCUT2D eigenvalue weighted by Crippen LogP contribution is -2.30.